The summed E-state index contributed by atoms with van der Waals surface area (Å²) in [5, 5.41) is 9.26. The molecule has 0 saturated carbocycles. The van der Waals surface area contributed by atoms with E-state index in [9.17, 15) is 9.90 Å². The molecule has 3 atom stereocenters. The lowest BCUT2D eigenvalue weighted by atomic mass is 10.00. The number of rotatable bonds is 3. The number of nitrogens with zero attached hydrogens (tertiary/aromatic N) is 1. The fourth-order valence-electron chi connectivity index (χ4n) is 3.66. The van der Waals surface area contributed by atoms with Gasteiger partial charge in [-0.15, -0.1) is 0 Å². The zero-order valence-electron chi connectivity index (χ0n) is 12.7. The van der Waals surface area contributed by atoms with E-state index in [0.717, 1.165) is 31.4 Å². The number of ether oxygens (including phenoxy) is 1. The number of benzene rings is 1. The van der Waals surface area contributed by atoms with Crippen LogP contribution in [0.15, 0.2) is 24.3 Å². The number of piperidine rings is 1. The van der Waals surface area contributed by atoms with E-state index in [0.29, 0.717) is 5.92 Å². The first-order valence-electron chi connectivity index (χ1n) is 7.82. The summed E-state index contributed by atoms with van der Waals surface area (Å²) in [6.07, 6.45) is 2.95. The van der Waals surface area contributed by atoms with Crippen LogP contribution in [0.3, 0.4) is 0 Å². The molecule has 4 nitrogen and oxygen atoms in total. The van der Waals surface area contributed by atoms with E-state index in [1.165, 1.54) is 5.56 Å². The van der Waals surface area contributed by atoms with Crippen molar-refractivity contribution in [3.8, 4) is 5.75 Å². The van der Waals surface area contributed by atoms with Crippen molar-refractivity contribution < 1.29 is 14.6 Å². The fraction of sp³-hybridized carbons (Fsp3) is 0.588. The van der Waals surface area contributed by atoms with Crippen LogP contribution >= 0.6 is 0 Å². The molecule has 0 spiro atoms. The zero-order chi connectivity index (χ0) is 15.0. The quantitative estimate of drug-likeness (QED) is 0.919. The molecule has 1 N–H and O–H groups in total. The van der Waals surface area contributed by atoms with Gasteiger partial charge >= 0.3 is 6.09 Å². The molecule has 0 unspecified atom stereocenters. The Morgan fingerprint density at radius 3 is 2.24 bits per heavy atom. The van der Waals surface area contributed by atoms with Gasteiger partial charge < -0.3 is 14.7 Å². The Balaban J connectivity index is 1.64. The highest BCUT2D eigenvalue weighted by atomic mass is 16.5. The van der Waals surface area contributed by atoms with Gasteiger partial charge in [0.1, 0.15) is 11.9 Å². The second-order valence-corrected chi connectivity index (χ2v) is 6.51. The van der Waals surface area contributed by atoms with Crippen molar-refractivity contribution in [2.75, 3.05) is 0 Å². The molecule has 2 aliphatic rings. The molecule has 2 heterocycles. The maximum atomic E-state index is 11.3. The molecule has 2 aliphatic heterocycles. The summed E-state index contributed by atoms with van der Waals surface area (Å²) in [4.78, 5) is 12.9. The van der Waals surface area contributed by atoms with Crippen LogP contribution < -0.4 is 4.74 Å². The minimum absolute atomic E-state index is 0.140. The number of fused-ring (bicyclic) bond motifs is 2. The summed E-state index contributed by atoms with van der Waals surface area (Å²) in [5.41, 5.74) is 1.31. The molecule has 1 amide bonds. The first-order valence-corrected chi connectivity index (χ1v) is 7.82. The van der Waals surface area contributed by atoms with Crippen LogP contribution in [-0.4, -0.2) is 34.3 Å². The first-order chi connectivity index (χ1) is 10.0. The van der Waals surface area contributed by atoms with E-state index >= 15 is 0 Å². The van der Waals surface area contributed by atoms with E-state index in [2.05, 4.69) is 26.0 Å². The van der Waals surface area contributed by atoms with Crippen molar-refractivity contribution in [2.45, 2.75) is 63.6 Å². The molecule has 3 rings (SSSR count). The van der Waals surface area contributed by atoms with Gasteiger partial charge in [-0.3, -0.25) is 0 Å². The Labute approximate surface area is 125 Å². The Kier molecular flexibility index (Phi) is 3.79. The summed E-state index contributed by atoms with van der Waals surface area (Å²) in [6, 6.07) is 8.56. The second kappa shape index (κ2) is 5.58. The number of carbonyl (C=O) groups is 1. The van der Waals surface area contributed by atoms with Gasteiger partial charge in [0.05, 0.1) is 0 Å². The van der Waals surface area contributed by atoms with Crippen molar-refractivity contribution in [1.82, 2.24) is 4.90 Å². The molecule has 4 heteroatoms. The standard InChI is InChI=1S/C17H23NO3/c1-11(2)12-3-7-15(8-4-12)21-16-9-13-5-6-14(10-16)18(13)17(19)20/h3-4,7-8,11,13-14,16H,5-6,9-10H2,1-2H3,(H,19,20)/t13-,14+,16+. The number of carboxylic acid groups (broad SMARTS) is 1. The Morgan fingerprint density at radius 2 is 1.76 bits per heavy atom. The first kappa shape index (κ1) is 14.2. The van der Waals surface area contributed by atoms with Gasteiger partial charge in [-0.2, -0.15) is 0 Å². The van der Waals surface area contributed by atoms with Crippen molar-refractivity contribution in [1.29, 1.82) is 0 Å². The van der Waals surface area contributed by atoms with Gasteiger partial charge in [0.15, 0.2) is 0 Å². The van der Waals surface area contributed by atoms with E-state index in [1.807, 2.05) is 12.1 Å². The predicted molar refractivity (Wildman–Crippen MR) is 80.9 cm³/mol. The summed E-state index contributed by atoms with van der Waals surface area (Å²) >= 11 is 0. The molecule has 0 radical (unpaired) electrons. The monoisotopic (exact) mass is 289 g/mol. The molecule has 2 fully saturated rings. The van der Waals surface area contributed by atoms with Gasteiger partial charge in [-0.05, 0) is 36.5 Å². The number of amides is 1. The number of hydrogen-bond donors (Lipinski definition) is 1. The normalized spacial score (nSPS) is 28.0. The van der Waals surface area contributed by atoms with Crippen LogP contribution in [0.2, 0.25) is 0 Å². The molecular weight excluding hydrogens is 266 g/mol. The molecule has 0 aromatic heterocycles. The summed E-state index contributed by atoms with van der Waals surface area (Å²) in [5.74, 6) is 1.42. The van der Waals surface area contributed by atoms with Crippen LogP contribution in [0.1, 0.15) is 51.0 Å². The molecule has 0 aliphatic carbocycles. The summed E-state index contributed by atoms with van der Waals surface area (Å²) < 4.78 is 6.08. The molecule has 2 bridgehead atoms. The minimum atomic E-state index is -0.776. The van der Waals surface area contributed by atoms with Gasteiger partial charge in [0, 0.05) is 24.9 Å². The van der Waals surface area contributed by atoms with Crippen molar-refractivity contribution in [2.24, 2.45) is 0 Å². The van der Waals surface area contributed by atoms with Crippen LogP contribution in [-0.2, 0) is 0 Å². The summed E-state index contributed by atoms with van der Waals surface area (Å²) in [6.45, 7) is 4.35. The van der Waals surface area contributed by atoms with Gasteiger partial charge in [0.2, 0.25) is 0 Å². The topological polar surface area (TPSA) is 49.8 Å². The fourth-order valence-corrected chi connectivity index (χ4v) is 3.66. The SMILES string of the molecule is CC(C)c1ccc(O[C@H]2C[C@H]3CC[C@@H](C2)N3C(=O)O)cc1. The highest BCUT2D eigenvalue weighted by molar-refractivity contribution is 5.66. The van der Waals surface area contributed by atoms with Gasteiger partial charge in [0.25, 0.3) is 0 Å². The van der Waals surface area contributed by atoms with E-state index in [-0.39, 0.29) is 18.2 Å². The minimum Gasteiger partial charge on any atom is -0.490 e. The maximum Gasteiger partial charge on any atom is 0.407 e. The van der Waals surface area contributed by atoms with Crippen molar-refractivity contribution in [3.63, 3.8) is 0 Å². The second-order valence-electron chi connectivity index (χ2n) is 6.51. The summed E-state index contributed by atoms with van der Waals surface area (Å²) in [7, 11) is 0. The van der Waals surface area contributed by atoms with E-state index in [4.69, 9.17) is 4.74 Å². The molecular formula is C17H23NO3. The molecule has 1 aromatic carbocycles. The lowest BCUT2D eigenvalue weighted by molar-refractivity contribution is 0.0496. The molecule has 1 aromatic rings. The third-order valence-electron chi connectivity index (χ3n) is 4.76. The van der Waals surface area contributed by atoms with Crippen molar-refractivity contribution in [3.05, 3.63) is 29.8 Å². The average molecular weight is 289 g/mol. The zero-order valence-corrected chi connectivity index (χ0v) is 12.7. The Morgan fingerprint density at radius 1 is 1.19 bits per heavy atom. The van der Waals surface area contributed by atoms with Gasteiger partial charge in [-0.25, -0.2) is 4.79 Å². The van der Waals surface area contributed by atoms with Crippen LogP contribution in [0.5, 0.6) is 5.75 Å². The highest BCUT2D eigenvalue weighted by Crippen LogP contribution is 2.37. The van der Waals surface area contributed by atoms with Crippen molar-refractivity contribution >= 4 is 6.09 Å². The smallest absolute Gasteiger partial charge is 0.407 e. The lowest BCUT2D eigenvalue weighted by Crippen LogP contribution is -2.48. The average Bonchev–Trinajstić information content (AvgIpc) is 2.72. The molecule has 2 saturated heterocycles. The lowest BCUT2D eigenvalue weighted by Gasteiger charge is -2.37. The predicted octanol–water partition coefficient (Wildman–Crippen LogP) is 3.86. The van der Waals surface area contributed by atoms with E-state index in [1.54, 1.807) is 4.90 Å². The Hall–Kier alpha value is -1.71. The third kappa shape index (κ3) is 2.85. The molecule has 21 heavy (non-hydrogen) atoms. The van der Waals surface area contributed by atoms with Gasteiger partial charge in [-0.1, -0.05) is 26.0 Å². The van der Waals surface area contributed by atoms with Crippen LogP contribution in [0.4, 0.5) is 4.79 Å². The highest BCUT2D eigenvalue weighted by Gasteiger charge is 2.44. The third-order valence-corrected chi connectivity index (χ3v) is 4.76. The maximum absolute atomic E-state index is 11.3. The van der Waals surface area contributed by atoms with E-state index < -0.39 is 6.09 Å². The largest absolute Gasteiger partial charge is 0.490 e. The van der Waals surface area contributed by atoms with Crippen LogP contribution in [0, 0.1) is 0 Å². The molecule has 114 valence electrons. The van der Waals surface area contributed by atoms with Crippen LogP contribution in [0.25, 0.3) is 0 Å². The number of hydrogen-bond acceptors (Lipinski definition) is 2. The Bertz CT molecular complexity index is 497.